The molecule has 1 aromatic carbocycles. The molecule has 1 aliphatic carbocycles. The molecule has 21 heavy (non-hydrogen) atoms. The molecule has 2 rings (SSSR count). The van der Waals surface area contributed by atoms with Gasteiger partial charge in [-0.2, -0.15) is 0 Å². The van der Waals surface area contributed by atoms with Gasteiger partial charge in [0, 0.05) is 26.3 Å². The molecule has 1 amide bonds. The van der Waals surface area contributed by atoms with Crippen molar-refractivity contribution in [3.05, 3.63) is 23.8 Å². The molecule has 0 aromatic heterocycles. The highest BCUT2D eigenvalue weighted by Gasteiger charge is 2.48. The number of nitrogens with two attached hydrogens (primary N) is 1. The first-order chi connectivity index (χ1) is 9.73. The first-order valence-electron chi connectivity index (χ1n) is 6.78. The lowest BCUT2D eigenvalue weighted by Gasteiger charge is -2.16. The Hall–Kier alpha value is -1.44. The summed E-state index contributed by atoms with van der Waals surface area (Å²) in [5.74, 6) is -0.137. The molecule has 0 radical (unpaired) electrons. The zero-order chi connectivity index (χ0) is 15.8. The van der Waals surface area contributed by atoms with Crippen LogP contribution in [0.2, 0.25) is 0 Å². The number of amides is 1. The van der Waals surface area contributed by atoms with Crippen LogP contribution in [0.3, 0.4) is 0 Å². The third-order valence-electron chi connectivity index (χ3n) is 3.93. The molecule has 1 aromatic rings. The van der Waals surface area contributed by atoms with E-state index in [4.69, 9.17) is 5.73 Å². The Kier molecular flexibility index (Phi) is 4.10. The van der Waals surface area contributed by atoms with Crippen LogP contribution in [0.5, 0.6) is 0 Å². The van der Waals surface area contributed by atoms with Gasteiger partial charge in [-0.1, -0.05) is 6.07 Å². The Morgan fingerprint density at radius 3 is 2.48 bits per heavy atom. The van der Waals surface area contributed by atoms with Crippen LogP contribution in [-0.4, -0.2) is 39.3 Å². The van der Waals surface area contributed by atoms with Crippen LogP contribution in [-0.2, 0) is 14.8 Å². The third kappa shape index (κ3) is 2.95. The second-order valence-electron chi connectivity index (χ2n) is 5.71. The van der Waals surface area contributed by atoms with Crippen molar-refractivity contribution in [2.24, 2.45) is 11.1 Å². The van der Waals surface area contributed by atoms with Crippen molar-refractivity contribution in [1.29, 1.82) is 0 Å². The van der Waals surface area contributed by atoms with Crippen LogP contribution in [0, 0.1) is 12.3 Å². The van der Waals surface area contributed by atoms with Gasteiger partial charge < -0.3 is 11.1 Å². The maximum Gasteiger partial charge on any atom is 0.242 e. The minimum Gasteiger partial charge on any atom is -0.329 e. The van der Waals surface area contributed by atoms with E-state index >= 15 is 0 Å². The summed E-state index contributed by atoms with van der Waals surface area (Å²) in [6.07, 6.45) is 1.56. The predicted octanol–water partition coefficient (Wildman–Crippen LogP) is 0.923. The molecule has 0 atom stereocenters. The van der Waals surface area contributed by atoms with E-state index in [1.807, 2.05) is 0 Å². The molecule has 7 heteroatoms. The van der Waals surface area contributed by atoms with Gasteiger partial charge in [-0.25, -0.2) is 12.7 Å². The standard InChI is InChI=1S/C14H21N3O3S/c1-10-4-5-11(8-12(10)21(19,20)17(2)3)16-13(18)14(9-15)6-7-14/h4-5,8H,6-7,9,15H2,1-3H3,(H,16,18). The van der Waals surface area contributed by atoms with Crippen LogP contribution in [0.25, 0.3) is 0 Å². The van der Waals surface area contributed by atoms with Gasteiger partial charge >= 0.3 is 0 Å². The van der Waals surface area contributed by atoms with Crippen molar-refractivity contribution in [3.63, 3.8) is 0 Å². The van der Waals surface area contributed by atoms with Crippen LogP contribution in [0.15, 0.2) is 23.1 Å². The lowest BCUT2D eigenvalue weighted by Crippen LogP contribution is -2.31. The molecular weight excluding hydrogens is 290 g/mol. The summed E-state index contributed by atoms with van der Waals surface area (Å²) in [7, 11) is -0.574. The SMILES string of the molecule is Cc1ccc(NC(=O)C2(CN)CC2)cc1S(=O)(=O)N(C)C. The van der Waals surface area contributed by atoms with Gasteiger partial charge in [0.05, 0.1) is 10.3 Å². The predicted molar refractivity (Wildman–Crippen MR) is 81.4 cm³/mol. The zero-order valence-corrected chi connectivity index (χ0v) is 13.3. The molecule has 6 nitrogen and oxygen atoms in total. The highest BCUT2D eigenvalue weighted by atomic mass is 32.2. The molecule has 3 N–H and O–H groups in total. The molecule has 0 unspecified atom stereocenters. The first kappa shape index (κ1) is 15.9. The fourth-order valence-electron chi connectivity index (χ4n) is 2.09. The number of anilines is 1. The van der Waals surface area contributed by atoms with Crippen molar-refractivity contribution < 1.29 is 13.2 Å². The smallest absolute Gasteiger partial charge is 0.242 e. The average molecular weight is 311 g/mol. The first-order valence-corrected chi connectivity index (χ1v) is 8.22. The summed E-state index contributed by atoms with van der Waals surface area (Å²) in [6.45, 7) is 2.04. The molecule has 0 spiro atoms. The molecule has 1 aliphatic rings. The van der Waals surface area contributed by atoms with Crippen LogP contribution in [0.4, 0.5) is 5.69 Å². The van der Waals surface area contributed by atoms with E-state index in [1.165, 1.54) is 20.2 Å². The van der Waals surface area contributed by atoms with E-state index in [-0.39, 0.29) is 10.8 Å². The van der Waals surface area contributed by atoms with Crippen molar-refractivity contribution in [2.75, 3.05) is 26.0 Å². The number of hydrogen-bond acceptors (Lipinski definition) is 4. The average Bonchev–Trinajstić information content (AvgIpc) is 3.21. The fraction of sp³-hybridized carbons (Fsp3) is 0.500. The second kappa shape index (κ2) is 5.40. The Morgan fingerprint density at radius 2 is 2.00 bits per heavy atom. The van der Waals surface area contributed by atoms with Gasteiger partial charge in [0.25, 0.3) is 0 Å². The van der Waals surface area contributed by atoms with Crippen LogP contribution < -0.4 is 11.1 Å². The Bertz CT molecular complexity index is 664. The lowest BCUT2D eigenvalue weighted by atomic mass is 10.1. The summed E-state index contributed by atoms with van der Waals surface area (Å²) in [5.41, 5.74) is 6.27. The van der Waals surface area contributed by atoms with Crippen molar-refractivity contribution in [2.45, 2.75) is 24.7 Å². The molecule has 0 aliphatic heterocycles. The van der Waals surface area contributed by atoms with E-state index < -0.39 is 15.4 Å². The van der Waals surface area contributed by atoms with Gasteiger partial charge in [0.1, 0.15) is 0 Å². The van der Waals surface area contributed by atoms with Crippen LogP contribution in [0.1, 0.15) is 18.4 Å². The summed E-state index contributed by atoms with van der Waals surface area (Å²) in [5, 5.41) is 2.77. The van der Waals surface area contributed by atoms with Gasteiger partial charge in [-0.05, 0) is 37.5 Å². The van der Waals surface area contributed by atoms with Gasteiger partial charge in [-0.15, -0.1) is 0 Å². The van der Waals surface area contributed by atoms with Crippen molar-refractivity contribution in [1.82, 2.24) is 4.31 Å². The number of carbonyl (C=O) groups is 1. The maximum absolute atomic E-state index is 12.2. The molecule has 0 bridgehead atoms. The molecule has 0 heterocycles. The zero-order valence-electron chi connectivity index (χ0n) is 12.5. The van der Waals surface area contributed by atoms with Crippen molar-refractivity contribution in [3.8, 4) is 0 Å². The molecule has 116 valence electrons. The second-order valence-corrected chi connectivity index (χ2v) is 7.83. The number of aryl methyl sites for hydroxylation is 1. The number of benzene rings is 1. The summed E-state index contributed by atoms with van der Waals surface area (Å²) < 4.78 is 25.7. The highest BCUT2D eigenvalue weighted by molar-refractivity contribution is 7.89. The van der Waals surface area contributed by atoms with Gasteiger partial charge in [0.2, 0.25) is 15.9 Å². The minimum absolute atomic E-state index is 0.137. The summed E-state index contributed by atoms with van der Waals surface area (Å²) >= 11 is 0. The Labute approximate surface area is 125 Å². The van der Waals surface area contributed by atoms with Crippen LogP contribution >= 0.6 is 0 Å². The third-order valence-corrected chi connectivity index (χ3v) is 5.89. The molecule has 0 saturated heterocycles. The van der Waals surface area contributed by atoms with Gasteiger partial charge in [0.15, 0.2) is 0 Å². The quantitative estimate of drug-likeness (QED) is 0.846. The van der Waals surface area contributed by atoms with Crippen molar-refractivity contribution >= 4 is 21.6 Å². The summed E-state index contributed by atoms with van der Waals surface area (Å²) in [6, 6.07) is 4.89. The topological polar surface area (TPSA) is 92.5 Å². The number of rotatable bonds is 5. The Balaban J connectivity index is 2.30. The highest BCUT2D eigenvalue weighted by Crippen LogP contribution is 2.45. The van der Waals surface area contributed by atoms with Gasteiger partial charge in [-0.3, -0.25) is 4.79 Å². The lowest BCUT2D eigenvalue weighted by molar-refractivity contribution is -0.120. The number of sulfonamides is 1. The van der Waals surface area contributed by atoms with E-state index in [2.05, 4.69) is 5.32 Å². The Morgan fingerprint density at radius 1 is 1.38 bits per heavy atom. The largest absolute Gasteiger partial charge is 0.329 e. The number of hydrogen-bond donors (Lipinski definition) is 2. The number of carbonyl (C=O) groups excluding carboxylic acids is 1. The van der Waals surface area contributed by atoms with E-state index in [9.17, 15) is 13.2 Å². The van der Waals surface area contributed by atoms with E-state index in [1.54, 1.807) is 19.1 Å². The minimum atomic E-state index is -3.53. The fourth-order valence-corrected chi connectivity index (χ4v) is 3.24. The number of nitrogens with one attached hydrogen (secondary N) is 1. The van der Waals surface area contributed by atoms with E-state index in [0.717, 1.165) is 17.1 Å². The number of nitrogens with zero attached hydrogens (tertiary/aromatic N) is 1. The van der Waals surface area contributed by atoms with E-state index in [0.29, 0.717) is 17.8 Å². The normalized spacial score (nSPS) is 16.8. The monoisotopic (exact) mass is 311 g/mol. The molecular formula is C14H21N3O3S. The maximum atomic E-state index is 12.2. The summed E-state index contributed by atoms with van der Waals surface area (Å²) in [4.78, 5) is 12.4. The molecule has 1 fully saturated rings. The molecule has 1 saturated carbocycles.